The van der Waals surface area contributed by atoms with Crippen molar-refractivity contribution in [3.63, 3.8) is 0 Å². The van der Waals surface area contributed by atoms with Gasteiger partial charge in [-0.15, -0.1) is 0 Å². The number of aromatic nitrogens is 2. The van der Waals surface area contributed by atoms with Crippen LogP contribution in [-0.2, 0) is 30.0 Å². The van der Waals surface area contributed by atoms with Crippen LogP contribution in [0.4, 0.5) is 9.18 Å². The third kappa shape index (κ3) is 4.36. The van der Waals surface area contributed by atoms with Gasteiger partial charge in [-0.25, -0.2) is 14.2 Å². The molecule has 3 heterocycles. The molecule has 0 aliphatic carbocycles. The Morgan fingerprint density at radius 3 is 2.89 bits per heavy atom. The highest BCUT2D eigenvalue weighted by Gasteiger charge is 2.43. The summed E-state index contributed by atoms with van der Waals surface area (Å²) in [4.78, 5) is 45.3. The molecule has 13 heteroatoms. The molecule has 0 amide bonds. The van der Waals surface area contributed by atoms with Crippen molar-refractivity contribution in [2.24, 2.45) is 0 Å². The van der Waals surface area contributed by atoms with Gasteiger partial charge < -0.3 is 28.2 Å². The molecule has 0 spiro atoms. The van der Waals surface area contributed by atoms with Crippen LogP contribution in [0.15, 0.2) is 15.8 Å². The van der Waals surface area contributed by atoms with Gasteiger partial charge in [0, 0.05) is 6.42 Å². The highest BCUT2D eigenvalue weighted by molar-refractivity contribution is 7.40. The van der Waals surface area contributed by atoms with Crippen molar-refractivity contribution in [3.8, 4) is 0 Å². The SMILES string of the molecule is CC(C)OC(=O)OCn1c(=O)c(F)cn([C@H]2C[C@@H]3OP(O)OC[C@H]3O2)c1=O. The Labute approximate surface area is 153 Å². The molecular weight excluding hydrogens is 390 g/mol. The van der Waals surface area contributed by atoms with E-state index < -0.39 is 63.1 Å². The van der Waals surface area contributed by atoms with Crippen LogP contribution in [0.3, 0.4) is 0 Å². The van der Waals surface area contributed by atoms with Gasteiger partial charge in [0.15, 0.2) is 6.73 Å². The minimum atomic E-state index is -2.03. The van der Waals surface area contributed by atoms with E-state index in [4.69, 9.17) is 18.5 Å². The Kier molecular flexibility index (Phi) is 5.92. The number of nitrogens with zero attached hydrogens (tertiary/aromatic N) is 2. The number of hydrogen-bond acceptors (Lipinski definition) is 9. The molecule has 1 aromatic rings. The maximum Gasteiger partial charge on any atom is 0.510 e. The monoisotopic (exact) mass is 408 g/mol. The van der Waals surface area contributed by atoms with Gasteiger partial charge in [0.05, 0.1) is 25.0 Å². The summed E-state index contributed by atoms with van der Waals surface area (Å²) >= 11 is 0. The fraction of sp³-hybridized carbons (Fsp3) is 0.643. The van der Waals surface area contributed by atoms with E-state index in [1.54, 1.807) is 13.8 Å². The number of halogens is 1. The smallest absolute Gasteiger partial charge is 0.432 e. The number of fused-ring (bicyclic) bond motifs is 1. The van der Waals surface area contributed by atoms with Crippen LogP contribution >= 0.6 is 8.60 Å². The Hall–Kier alpha value is -1.85. The second-order valence-electron chi connectivity index (χ2n) is 6.13. The van der Waals surface area contributed by atoms with Crippen LogP contribution in [0.5, 0.6) is 0 Å². The first-order chi connectivity index (χ1) is 12.8. The Balaban J connectivity index is 1.81. The highest BCUT2D eigenvalue weighted by Crippen LogP contribution is 2.45. The van der Waals surface area contributed by atoms with E-state index in [-0.39, 0.29) is 13.0 Å². The molecule has 2 aliphatic heterocycles. The number of carbonyl (C=O) groups is 1. The lowest BCUT2D eigenvalue weighted by Gasteiger charge is -2.26. The number of rotatable bonds is 4. The Morgan fingerprint density at radius 2 is 2.19 bits per heavy atom. The van der Waals surface area contributed by atoms with E-state index in [9.17, 15) is 23.7 Å². The summed E-state index contributed by atoms with van der Waals surface area (Å²) < 4.78 is 40.5. The molecule has 0 radical (unpaired) electrons. The Bertz CT molecular complexity index is 826. The molecule has 3 rings (SSSR count). The van der Waals surface area contributed by atoms with Crippen molar-refractivity contribution in [3.05, 3.63) is 32.9 Å². The van der Waals surface area contributed by atoms with E-state index in [1.165, 1.54) is 0 Å². The quantitative estimate of drug-likeness (QED) is 0.562. The summed E-state index contributed by atoms with van der Waals surface area (Å²) in [6.45, 7) is 2.42. The average Bonchev–Trinajstić information content (AvgIpc) is 3.00. The van der Waals surface area contributed by atoms with Crippen molar-refractivity contribution < 1.29 is 37.3 Å². The molecule has 1 aromatic heterocycles. The van der Waals surface area contributed by atoms with Crippen LogP contribution < -0.4 is 11.2 Å². The zero-order chi connectivity index (χ0) is 19.7. The second-order valence-corrected chi connectivity index (χ2v) is 7.08. The third-order valence-corrected chi connectivity index (χ3v) is 4.68. The molecule has 2 saturated heterocycles. The molecule has 0 saturated carbocycles. The molecule has 0 bridgehead atoms. The Morgan fingerprint density at radius 1 is 1.44 bits per heavy atom. The molecule has 4 atom stereocenters. The summed E-state index contributed by atoms with van der Waals surface area (Å²) in [6.07, 6.45) is -2.73. The second kappa shape index (κ2) is 8.03. The van der Waals surface area contributed by atoms with Crippen molar-refractivity contribution in [1.29, 1.82) is 0 Å². The summed E-state index contributed by atoms with van der Waals surface area (Å²) in [5, 5.41) is 0. The minimum Gasteiger partial charge on any atom is -0.432 e. The van der Waals surface area contributed by atoms with E-state index in [1.807, 2.05) is 0 Å². The molecule has 1 N–H and O–H groups in total. The summed E-state index contributed by atoms with van der Waals surface area (Å²) in [6, 6.07) is 0. The normalized spacial score (nSPS) is 27.4. The van der Waals surface area contributed by atoms with Gasteiger partial charge in [0.25, 0.3) is 5.56 Å². The maximum atomic E-state index is 14.0. The molecule has 1 unspecified atom stereocenters. The summed E-state index contributed by atoms with van der Waals surface area (Å²) in [5.74, 6) is -1.23. The number of carbonyl (C=O) groups excluding carboxylic acids is 1. The van der Waals surface area contributed by atoms with Gasteiger partial charge in [-0.3, -0.25) is 9.36 Å². The zero-order valence-electron chi connectivity index (χ0n) is 14.4. The molecule has 2 aliphatic rings. The van der Waals surface area contributed by atoms with Gasteiger partial charge in [-0.1, -0.05) is 0 Å². The molecular formula is C14H18FN2O9P. The van der Waals surface area contributed by atoms with Crippen LogP contribution in [-0.4, -0.2) is 45.1 Å². The summed E-state index contributed by atoms with van der Waals surface area (Å²) in [5.41, 5.74) is -2.18. The van der Waals surface area contributed by atoms with Gasteiger partial charge in [0.2, 0.25) is 5.82 Å². The molecule has 11 nitrogen and oxygen atoms in total. The summed E-state index contributed by atoms with van der Waals surface area (Å²) in [7, 11) is -2.03. The first kappa shape index (κ1) is 19.9. The molecule has 27 heavy (non-hydrogen) atoms. The van der Waals surface area contributed by atoms with E-state index >= 15 is 0 Å². The van der Waals surface area contributed by atoms with Crippen molar-refractivity contribution in [2.45, 2.75) is 51.5 Å². The zero-order valence-corrected chi connectivity index (χ0v) is 15.3. The number of hydrogen-bond donors (Lipinski definition) is 1. The fourth-order valence-corrected chi connectivity index (χ4v) is 3.46. The standard InChI is InChI=1S/C14H18FN2O9P/c1-7(2)24-14(20)22-6-17-12(18)8(15)4-16(13(17)19)11-3-9-10(25-11)5-23-27(21)26-9/h4,7,9-11,21H,3,5-6H2,1-2H3/t9-,10+,11+,27?/m0/s1. The van der Waals surface area contributed by atoms with Crippen molar-refractivity contribution in [2.75, 3.05) is 6.61 Å². The predicted molar refractivity (Wildman–Crippen MR) is 86.1 cm³/mol. The van der Waals surface area contributed by atoms with Gasteiger partial charge >= 0.3 is 20.4 Å². The van der Waals surface area contributed by atoms with Crippen LogP contribution in [0, 0.1) is 5.82 Å². The molecule has 2 fully saturated rings. The topological polar surface area (TPSA) is 127 Å². The maximum absolute atomic E-state index is 14.0. The van der Waals surface area contributed by atoms with Crippen LogP contribution in [0.1, 0.15) is 26.5 Å². The van der Waals surface area contributed by atoms with Gasteiger partial charge in [0.1, 0.15) is 12.3 Å². The lowest BCUT2D eigenvalue weighted by molar-refractivity contribution is -0.0602. The van der Waals surface area contributed by atoms with Gasteiger partial charge in [-0.2, -0.15) is 4.39 Å². The minimum absolute atomic E-state index is 0.0599. The number of ether oxygens (including phenoxy) is 3. The first-order valence-corrected chi connectivity index (χ1v) is 9.18. The van der Waals surface area contributed by atoms with Crippen molar-refractivity contribution in [1.82, 2.24) is 9.13 Å². The third-order valence-electron chi connectivity index (χ3n) is 3.86. The van der Waals surface area contributed by atoms with Crippen LogP contribution in [0.2, 0.25) is 0 Å². The van der Waals surface area contributed by atoms with E-state index in [0.29, 0.717) is 4.57 Å². The lowest BCUT2D eigenvalue weighted by atomic mass is 10.2. The van der Waals surface area contributed by atoms with Crippen molar-refractivity contribution >= 4 is 14.8 Å². The average molecular weight is 408 g/mol. The van der Waals surface area contributed by atoms with E-state index in [0.717, 1.165) is 10.8 Å². The predicted octanol–water partition coefficient (Wildman–Crippen LogP) is 0.590. The highest BCUT2D eigenvalue weighted by atomic mass is 31.2. The molecule has 150 valence electrons. The fourth-order valence-electron chi connectivity index (χ4n) is 2.67. The molecule has 0 aromatic carbocycles. The van der Waals surface area contributed by atoms with Crippen LogP contribution in [0.25, 0.3) is 0 Å². The lowest BCUT2D eigenvalue weighted by Crippen LogP contribution is -2.43. The van der Waals surface area contributed by atoms with Gasteiger partial charge in [-0.05, 0) is 13.8 Å². The largest absolute Gasteiger partial charge is 0.510 e. The first-order valence-electron chi connectivity index (χ1n) is 8.05. The van der Waals surface area contributed by atoms with E-state index in [2.05, 4.69) is 4.74 Å².